The molecule has 2 bridgehead atoms. The number of amides is 1. The Morgan fingerprint density at radius 3 is 2.32 bits per heavy atom. The number of rotatable bonds is 3. The molecular formula is C34H29NO3. The van der Waals surface area contributed by atoms with E-state index in [1.165, 1.54) is 55.3 Å². The van der Waals surface area contributed by atoms with Crippen LogP contribution in [0, 0.1) is 0 Å². The summed E-state index contributed by atoms with van der Waals surface area (Å²) in [5.41, 5.74) is 10.5. The van der Waals surface area contributed by atoms with Crippen molar-refractivity contribution in [2.24, 2.45) is 0 Å². The van der Waals surface area contributed by atoms with E-state index >= 15 is 0 Å². The molecule has 1 fully saturated rings. The highest BCUT2D eigenvalue weighted by molar-refractivity contribution is 5.99. The van der Waals surface area contributed by atoms with Crippen LogP contribution in [-0.4, -0.2) is 42.9 Å². The fourth-order valence-corrected chi connectivity index (χ4v) is 7.28. The largest absolute Gasteiger partial charge is 0.448 e. The van der Waals surface area contributed by atoms with Crippen molar-refractivity contribution in [1.29, 1.82) is 0 Å². The topological polar surface area (TPSA) is 38.8 Å². The molecule has 0 radical (unpaired) electrons. The van der Waals surface area contributed by atoms with Crippen molar-refractivity contribution < 1.29 is 14.3 Å². The van der Waals surface area contributed by atoms with Gasteiger partial charge in [0.15, 0.2) is 0 Å². The SMILES string of the molecule is O=C(OCC1c2ccccc2-c2ccccc21)N1C2C=C(c3ccc4c5c(cccc35)CC4)CC1COC2. The number of aryl methyl sites for hydroxylation is 2. The van der Waals surface area contributed by atoms with E-state index in [9.17, 15) is 4.79 Å². The lowest BCUT2D eigenvalue weighted by molar-refractivity contribution is -0.0331. The zero-order chi connectivity index (χ0) is 25.2. The number of carbonyl (C=O) groups is 1. The van der Waals surface area contributed by atoms with Crippen LogP contribution in [0.1, 0.15) is 40.2 Å². The first kappa shape index (κ1) is 22.1. The third kappa shape index (κ3) is 3.30. The maximum atomic E-state index is 13.6. The van der Waals surface area contributed by atoms with Gasteiger partial charge in [-0.25, -0.2) is 4.79 Å². The number of nitrogens with zero attached hydrogens (tertiary/aromatic N) is 1. The van der Waals surface area contributed by atoms with Crippen molar-refractivity contribution in [3.8, 4) is 11.1 Å². The predicted octanol–water partition coefficient (Wildman–Crippen LogP) is 6.74. The number of ether oxygens (including phenoxy) is 2. The van der Waals surface area contributed by atoms with Crippen LogP contribution in [0.15, 0.2) is 84.9 Å². The summed E-state index contributed by atoms with van der Waals surface area (Å²) in [6, 6.07) is 28.1. The fourth-order valence-electron chi connectivity index (χ4n) is 7.28. The van der Waals surface area contributed by atoms with Crippen LogP contribution in [0.5, 0.6) is 0 Å². The third-order valence-corrected chi connectivity index (χ3v) is 8.97. The summed E-state index contributed by atoms with van der Waals surface area (Å²) in [6.07, 6.45) is 5.05. The van der Waals surface area contributed by atoms with Gasteiger partial charge in [-0.2, -0.15) is 0 Å². The van der Waals surface area contributed by atoms with E-state index in [4.69, 9.17) is 9.47 Å². The highest BCUT2D eigenvalue weighted by atomic mass is 16.6. The number of morpholine rings is 1. The number of carbonyl (C=O) groups excluding carboxylic acids is 1. The molecule has 4 aromatic rings. The van der Waals surface area contributed by atoms with Gasteiger partial charge >= 0.3 is 6.09 Å². The predicted molar refractivity (Wildman–Crippen MR) is 149 cm³/mol. The quantitative estimate of drug-likeness (QED) is 0.313. The molecule has 0 saturated carbocycles. The highest BCUT2D eigenvalue weighted by Gasteiger charge is 2.40. The highest BCUT2D eigenvalue weighted by Crippen LogP contribution is 2.45. The van der Waals surface area contributed by atoms with Crippen LogP contribution in [0.2, 0.25) is 0 Å². The molecule has 2 unspecified atom stereocenters. The Bertz CT molecular complexity index is 1580. The van der Waals surface area contributed by atoms with Gasteiger partial charge in [-0.15, -0.1) is 0 Å². The van der Waals surface area contributed by atoms with Gasteiger partial charge in [0, 0.05) is 5.92 Å². The lowest BCUT2D eigenvalue weighted by Gasteiger charge is -2.44. The van der Waals surface area contributed by atoms with E-state index in [0.29, 0.717) is 19.8 Å². The van der Waals surface area contributed by atoms with E-state index in [-0.39, 0.29) is 24.1 Å². The fraction of sp³-hybridized carbons (Fsp3) is 0.265. The van der Waals surface area contributed by atoms with Crippen molar-refractivity contribution in [2.45, 2.75) is 37.3 Å². The van der Waals surface area contributed by atoms with Crippen LogP contribution >= 0.6 is 0 Å². The zero-order valence-electron chi connectivity index (χ0n) is 21.2. The summed E-state index contributed by atoms with van der Waals surface area (Å²) >= 11 is 0. The first-order valence-electron chi connectivity index (χ1n) is 13.7. The van der Waals surface area contributed by atoms with Crippen molar-refractivity contribution in [3.05, 3.63) is 113 Å². The maximum Gasteiger partial charge on any atom is 0.410 e. The molecule has 38 heavy (non-hydrogen) atoms. The van der Waals surface area contributed by atoms with Crippen LogP contribution in [0.4, 0.5) is 4.79 Å². The molecule has 8 rings (SSSR count). The van der Waals surface area contributed by atoms with Gasteiger partial charge in [0.25, 0.3) is 0 Å². The molecule has 2 heterocycles. The number of hydrogen-bond donors (Lipinski definition) is 0. The van der Waals surface area contributed by atoms with Gasteiger partial charge in [-0.3, -0.25) is 4.90 Å². The number of hydrogen-bond acceptors (Lipinski definition) is 3. The molecule has 4 nitrogen and oxygen atoms in total. The van der Waals surface area contributed by atoms with E-state index in [2.05, 4.69) is 84.9 Å². The Balaban J connectivity index is 1.07. The van der Waals surface area contributed by atoms with Gasteiger partial charge < -0.3 is 9.47 Å². The molecule has 4 aliphatic rings. The van der Waals surface area contributed by atoms with Crippen molar-refractivity contribution in [2.75, 3.05) is 19.8 Å². The summed E-state index contributed by atoms with van der Waals surface area (Å²) in [7, 11) is 0. The van der Waals surface area contributed by atoms with E-state index in [1.807, 2.05) is 4.90 Å². The zero-order valence-corrected chi connectivity index (χ0v) is 21.2. The second kappa shape index (κ2) is 8.57. The first-order chi connectivity index (χ1) is 18.8. The molecule has 2 atom stereocenters. The van der Waals surface area contributed by atoms with Crippen LogP contribution < -0.4 is 0 Å². The summed E-state index contributed by atoms with van der Waals surface area (Å²) in [4.78, 5) is 15.5. The molecule has 2 aliphatic carbocycles. The minimum Gasteiger partial charge on any atom is -0.448 e. The molecular weight excluding hydrogens is 470 g/mol. The Kier molecular flexibility index (Phi) is 4.99. The minimum atomic E-state index is -0.235. The Hall–Kier alpha value is -3.89. The molecule has 4 aromatic carbocycles. The lowest BCUT2D eigenvalue weighted by atomic mass is 9.87. The van der Waals surface area contributed by atoms with Gasteiger partial charge in [0.1, 0.15) is 6.61 Å². The van der Waals surface area contributed by atoms with Crippen LogP contribution in [-0.2, 0) is 22.3 Å². The van der Waals surface area contributed by atoms with Crippen LogP contribution in [0.25, 0.3) is 27.5 Å². The standard InChI is InChI=1S/C34H29NO3/c36-34(38-20-32-29-9-3-1-7-27(29)28-8-2-4-10-30(28)32)35-24-16-23(17-25(35)19-37-18-24)26-15-14-22-13-12-21-6-5-11-31(26)33(21)22/h1-11,14-16,24-25,32H,12-13,17-20H2. The molecule has 0 aromatic heterocycles. The first-order valence-corrected chi connectivity index (χ1v) is 13.7. The van der Waals surface area contributed by atoms with Gasteiger partial charge in [-0.05, 0) is 74.6 Å². The maximum absolute atomic E-state index is 13.6. The van der Waals surface area contributed by atoms with Gasteiger partial charge in [0.05, 0.1) is 25.3 Å². The number of fused-ring (bicyclic) bond motifs is 5. The number of benzene rings is 4. The second-order valence-electron chi connectivity index (χ2n) is 11.0. The summed E-state index contributed by atoms with van der Waals surface area (Å²) in [5.74, 6) is 0.0619. The van der Waals surface area contributed by atoms with E-state index in [1.54, 1.807) is 0 Å². The smallest absolute Gasteiger partial charge is 0.410 e. The molecule has 188 valence electrons. The van der Waals surface area contributed by atoms with Crippen molar-refractivity contribution >= 4 is 22.4 Å². The van der Waals surface area contributed by atoms with E-state index < -0.39 is 0 Å². The lowest BCUT2D eigenvalue weighted by Crippen LogP contribution is -2.56. The van der Waals surface area contributed by atoms with Crippen LogP contribution in [0.3, 0.4) is 0 Å². The molecule has 2 aliphatic heterocycles. The molecule has 0 spiro atoms. The Morgan fingerprint density at radius 2 is 1.55 bits per heavy atom. The summed E-state index contributed by atoms with van der Waals surface area (Å²) in [5, 5.41) is 2.78. The molecule has 0 N–H and O–H groups in total. The summed E-state index contributed by atoms with van der Waals surface area (Å²) in [6.45, 7) is 1.39. The Labute approximate surface area is 222 Å². The van der Waals surface area contributed by atoms with Crippen molar-refractivity contribution in [1.82, 2.24) is 4.90 Å². The van der Waals surface area contributed by atoms with Crippen molar-refractivity contribution in [3.63, 3.8) is 0 Å². The minimum absolute atomic E-state index is 0.0209. The molecule has 4 heteroatoms. The molecule has 1 saturated heterocycles. The van der Waals surface area contributed by atoms with E-state index in [0.717, 1.165) is 19.3 Å². The monoisotopic (exact) mass is 499 g/mol. The Morgan fingerprint density at radius 1 is 0.816 bits per heavy atom. The second-order valence-corrected chi connectivity index (χ2v) is 11.0. The molecule has 1 amide bonds. The normalized spacial score (nSPS) is 21.3. The van der Waals surface area contributed by atoms with Gasteiger partial charge in [-0.1, -0.05) is 84.9 Å². The average Bonchev–Trinajstić information content (AvgIpc) is 3.51. The summed E-state index contributed by atoms with van der Waals surface area (Å²) < 4.78 is 12.0. The van der Waals surface area contributed by atoms with Gasteiger partial charge in [0.2, 0.25) is 0 Å². The average molecular weight is 500 g/mol. The third-order valence-electron chi connectivity index (χ3n) is 8.97.